The minimum atomic E-state index is -0.202. The Morgan fingerprint density at radius 2 is 1.71 bits per heavy atom. The van der Waals surface area contributed by atoms with Crippen LogP contribution in [0.4, 0.5) is 0 Å². The van der Waals surface area contributed by atoms with Crippen molar-refractivity contribution in [3.63, 3.8) is 0 Å². The third-order valence-corrected chi connectivity index (χ3v) is 6.40. The second-order valence-electron chi connectivity index (χ2n) is 8.78. The Hall–Kier alpha value is -4.26. The van der Waals surface area contributed by atoms with Crippen molar-refractivity contribution in [3.8, 4) is 0 Å². The first kappa shape index (κ1) is 22.5. The molecular formula is C28H26N4O3. The summed E-state index contributed by atoms with van der Waals surface area (Å²) < 4.78 is 0. The van der Waals surface area contributed by atoms with E-state index in [4.69, 9.17) is 0 Å². The van der Waals surface area contributed by atoms with Gasteiger partial charge in [0.1, 0.15) is 5.82 Å². The standard InChI is InChI=1S/C28H26N4O3/c33-26(15-14-25-30-24-13-7-6-12-23(24)27(34)31-25)29-16-21(19-8-2-1-3-9-19)18-32-17-20-10-4-5-11-22(20)28(32)35/h1-13,21H,14-18H2,(H,29,33)(H,30,31,34). The third kappa shape index (κ3) is 4.99. The molecule has 0 saturated heterocycles. The first-order valence-corrected chi connectivity index (χ1v) is 11.8. The fraction of sp³-hybridized carbons (Fsp3) is 0.214. The molecule has 1 unspecified atom stereocenters. The van der Waals surface area contributed by atoms with Crippen molar-refractivity contribution in [2.45, 2.75) is 25.3 Å². The first-order valence-electron chi connectivity index (χ1n) is 11.8. The summed E-state index contributed by atoms with van der Waals surface area (Å²) >= 11 is 0. The molecule has 3 aromatic carbocycles. The molecule has 0 saturated carbocycles. The molecule has 0 spiro atoms. The van der Waals surface area contributed by atoms with Crippen molar-refractivity contribution in [3.05, 3.63) is 112 Å². The molecule has 7 heteroatoms. The molecule has 0 bridgehead atoms. The van der Waals surface area contributed by atoms with E-state index in [0.717, 1.165) is 16.7 Å². The number of hydrogen-bond acceptors (Lipinski definition) is 4. The van der Waals surface area contributed by atoms with Gasteiger partial charge in [0, 0.05) is 44.0 Å². The number of aromatic nitrogens is 2. The Kier molecular flexibility index (Phi) is 6.39. The summed E-state index contributed by atoms with van der Waals surface area (Å²) in [6, 6.07) is 24.7. The smallest absolute Gasteiger partial charge is 0.258 e. The SMILES string of the molecule is O=C(CCc1nc2ccccc2c(=O)[nH]1)NCC(CN1Cc2ccccc2C1=O)c1ccccc1. The number of nitrogens with zero attached hydrogens (tertiary/aromatic N) is 2. The highest BCUT2D eigenvalue weighted by Crippen LogP contribution is 2.26. The molecule has 2 N–H and O–H groups in total. The molecule has 7 nitrogen and oxygen atoms in total. The molecule has 2 amide bonds. The van der Waals surface area contributed by atoms with E-state index >= 15 is 0 Å². The van der Waals surface area contributed by atoms with Crippen LogP contribution in [0, 0.1) is 0 Å². The predicted molar refractivity (Wildman–Crippen MR) is 134 cm³/mol. The zero-order valence-electron chi connectivity index (χ0n) is 19.2. The van der Waals surface area contributed by atoms with Gasteiger partial charge >= 0.3 is 0 Å². The van der Waals surface area contributed by atoms with Crippen molar-refractivity contribution < 1.29 is 9.59 Å². The first-order chi connectivity index (χ1) is 17.1. The monoisotopic (exact) mass is 466 g/mol. The van der Waals surface area contributed by atoms with Gasteiger partial charge in [-0.05, 0) is 29.3 Å². The lowest BCUT2D eigenvalue weighted by Gasteiger charge is -2.24. The van der Waals surface area contributed by atoms with E-state index < -0.39 is 0 Å². The van der Waals surface area contributed by atoms with Crippen molar-refractivity contribution in [2.24, 2.45) is 0 Å². The highest BCUT2D eigenvalue weighted by Gasteiger charge is 2.29. The van der Waals surface area contributed by atoms with Crippen LogP contribution in [-0.4, -0.2) is 39.8 Å². The van der Waals surface area contributed by atoms with Crippen molar-refractivity contribution in [1.82, 2.24) is 20.2 Å². The molecule has 0 aliphatic carbocycles. The average molecular weight is 467 g/mol. The van der Waals surface area contributed by atoms with Crippen molar-refractivity contribution >= 4 is 22.7 Å². The molecule has 0 radical (unpaired) electrons. The van der Waals surface area contributed by atoms with E-state index in [2.05, 4.69) is 15.3 Å². The quantitative estimate of drug-likeness (QED) is 0.416. The van der Waals surface area contributed by atoms with Crippen LogP contribution in [0.5, 0.6) is 0 Å². The topological polar surface area (TPSA) is 95.2 Å². The summed E-state index contributed by atoms with van der Waals surface area (Å²) in [4.78, 5) is 46.9. The molecule has 1 aliphatic heterocycles. The molecule has 4 aromatic rings. The fourth-order valence-corrected chi connectivity index (χ4v) is 4.55. The Morgan fingerprint density at radius 1 is 0.971 bits per heavy atom. The Labute approximate surface area is 202 Å². The van der Waals surface area contributed by atoms with Crippen molar-refractivity contribution in [1.29, 1.82) is 0 Å². The summed E-state index contributed by atoms with van der Waals surface area (Å²) in [7, 11) is 0. The summed E-state index contributed by atoms with van der Waals surface area (Å²) in [6.45, 7) is 1.50. The fourth-order valence-electron chi connectivity index (χ4n) is 4.55. The van der Waals surface area contributed by atoms with Gasteiger partial charge < -0.3 is 15.2 Å². The van der Waals surface area contributed by atoms with E-state index in [9.17, 15) is 14.4 Å². The van der Waals surface area contributed by atoms with Crippen LogP contribution in [0.1, 0.15) is 39.6 Å². The van der Waals surface area contributed by atoms with E-state index in [1.807, 2.05) is 65.6 Å². The lowest BCUT2D eigenvalue weighted by Crippen LogP contribution is -2.36. The van der Waals surface area contributed by atoms with Gasteiger partial charge in [-0.25, -0.2) is 4.98 Å². The Bertz CT molecular complexity index is 1430. The highest BCUT2D eigenvalue weighted by molar-refractivity contribution is 5.98. The number of rotatable bonds is 8. The largest absolute Gasteiger partial charge is 0.355 e. The number of benzene rings is 3. The second kappa shape index (κ2) is 9.93. The van der Waals surface area contributed by atoms with Gasteiger partial charge in [0.15, 0.2) is 0 Å². The molecule has 176 valence electrons. The maximum atomic E-state index is 12.9. The third-order valence-electron chi connectivity index (χ3n) is 6.40. The van der Waals surface area contributed by atoms with Crippen LogP contribution in [0.2, 0.25) is 0 Å². The van der Waals surface area contributed by atoms with Gasteiger partial charge in [0.25, 0.3) is 11.5 Å². The second-order valence-corrected chi connectivity index (χ2v) is 8.78. The predicted octanol–water partition coefficient (Wildman–Crippen LogP) is 3.41. The Morgan fingerprint density at radius 3 is 2.54 bits per heavy atom. The molecule has 1 atom stereocenters. The number of H-pyrrole nitrogens is 1. The Balaban J connectivity index is 1.23. The average Bonchev–Trinajstić information content (AvgIpc) is 3.21. The van der Waals surface area contributed by atoms with Crippen LogP contribution in [0.3, 0.4) is 0 Å². The number of para-hydroxylation sites is 1. The zero-order chi connectivity index (χ0) is 24.2. The number of amides is 2. The summed E-state index contributed by atoms with van der Waals surface area (Å²) in [5.41, 5.74) is 3.26. The lowest BCUT2D eigenvalue weighted by molar-refractivity contribution is -0.121. The maximum Gasteiger partial charge on any atom is 0.258 e. The van der Waals surface area contributed by atoms with Crippen LogP contribution in [0.25, 0.3) is 10.9 Å². The molecular weight excluding hydrogens is 440 g/mol. The van der Waals surface area contributed by atoms with E-state index in [1.165, 1.54) is 0 Å². The minimum absolute atomic E-state index is 0.0270. The zero-order valence-corrected chi connectivity index (χ0v) is 19.2. The molecule has 1 aromatic heterocycles. The van der Waals surface area contributed by atoms with Crippen LogP contribution >= 0.6 is 0 Å². The maximum absolute atomic E-state index is 12.9. The molecule has 0 fully saturated rings. The minimum Gasteiger partial charge on any atom is -0.355 e. The number of nitrogens with one attached hydrogen (secondary N) is 2. The van der Waals surface area contributed by atoms with Crippen molar-refractivity contribution in [2.75, 3.05) is 13.1 Å². The molecule has 1 aliphatic rings. The van der Waals surface area contributed by atoms with E-state index in [-0.39, 0.29) is 29.7 Å². The van der Waals surface area contributed by atoms with Gasteiger partial charge in [-0.3, -0.25) is 14.4 Å². The highest BCUT2D eigenvalue weighted by atomic mass is 16.2. The number of carbonyl (C=O) groups excluding carboxylic acids is 2. The van der Waals surface area contributed by atoms with Gasteiger partial charge in [-0.15, -0.1) is 0 Å². The van der Waals surface area contributed by atoms with Gasteiger partial charge in [0.2, 0.25) is 5.91 Å². The number of carbonyl (C=O) groups is 2. The number of aromatic amines is 1. The van der Waals surface area contributed by atoms with E-state index in [1.54, 1.807) is 18.2 Å². The molecule has 35 heavy (non-hydrogen) atoms. The summed E-state index contributed by atoms with van der Waals surface area (Å²) in [5, 5.41) is 3.55. The van der Waals surface area contributed by atoms with E-state index in [0.29, 0.717) is 42.8 Å². The number of hydrogen-bond donors (Lipinski definition) is 2. The lowest BCUT2D eigenvalue weighted by atomic mass is 9.98. The molecule has 2 heterocycles. The van der Waals surface area contributed by atoms with Gasteiger partial charge in [-0.2, -0.15) is 0 Å². The van der Waals surface area contributed by atoms with Crippen LogP contribution < -0.4 is 10.9 Å². The van der Waals surface area contributed by atoms with Crippen LogP contribution in [0.15, 0.2) is 83.7 Å². The summed E-state index contributed by atoms with van der Waals surface area (Å²) in [5.74, 6) is 0.345. The van der Waals surface area contributed by atoms with Gasteiger partial charge in [0.05, 0.1) is 10.9 Å². The summed E-state index contributed by atoms with van der Waals surface area (Å²) in [6.07, 6.45) is 0.540. The van der Waals surface area contributed by atoms with Gasteiger partial charge in [-0.1, -0.05) is 60.7 Å². The van der Waals surface area contributed by atoms with Crippen LogP contribution in [-0.2, 0) is 17.8 Å². The number of aryl methyl sites for hydroxylation is 1. The normalized spacial score (nSPS) is 13.6. The number of fused-ring (bicyclic) bond motifs is 2. The molecule has 5 rings (SSSR count).